The van der Waals surface area contributed by atoms with E-state index in [4.69, 9.17) is 5.73 Å². The fourth-order valence-electron chi connectivity index (χ4n) is 2.76. The maximum absolute atomic E-state index is 5.94. The first kappa shape index (κ1) is 10.0. The fourth-order valence-corrected chi connectivity index (χ4v) is 2.76. The first-order valence-corrected chi connectivity index (χ1v) is 6.03. The third-order valence-electron chi connectivity index (χ3n) is 3.64. The summed E-state index contributed by atoms with van der Waals surface area (Å²) in [5, 5.41) is 0. The Morgan fingerprint density at radius 2 is 2.12 bits per heavy atom. The van der Waals surface area contributed by atoms with Gasteiger partial charge in [-0.15, -0.1) is 0 Å². The number of nitrogens with zero attached hydrogens (tertiary/aromatic N) is 3. The zero-order valence-corrected chi connectivity index (χ0v) is 9.85. The lowest BCUT2D eigenvalue weighted by molar-refractivity contribution is 0.160. The third kappa shape index (κ3) is 1.40. The van der Waals surface area contributed by atoms with Gasteiger partial charge in [-0.2, -0.15) is 0 Å². The molecule has 1 saturated carbocycles. The molecule has 86 valence electrons. The molecule has 16 heavy (non-hydrogen) atoms. The summed E-state index contributed by atoms with van der Waals surface area (Å²) in [5.74, 6) is 1.25. The van der Waals surface area contributed by atoms with E-state index in [1.54, 1.807) is 6.33 Å². The Hall–Kier alpha value is -1.16. The standard InChI is InChI=1S/C12H18N4/c1-7(2)11-10-9(12(13)15-6-14-10)5-16(11)8-3-4-8/h6-8,11H,3-5H2,1-2H3,(H2,13,14,15). The topological polar surface area (TPSA) is 55.0 Å². The van der Waals surface area contributed by atoms with Crippen LogP contribution >= 0.6 is 0 Å². The van der Waals surface area contributed by atoms with Crippen molar-refractivity contribution in [1.29, 1.82) is 0 Å². The zero-order chi connectivity index (χ0) is 11.3. The van der Waals surface area contributed by atoms with Gasteiger partial charge in [0.2, 0.25) is 0 Å². The first-order chi connectivity index (χ1) is 7.68. The van der Waals surface area contributed by atoms with Gasteiger partial charge in [0.15, 0.2) is 0 Å². The normalized spacial score (nSPS) is 25.1. The number of nitrogens with two attached hydrogens (primary N) is 1. The molecule has 0 saturated heterocycles. The van der Waals surface area contributed by atoms with E-state index in [2.05, 4.69) is 28.7 Å². The van der Waals surface area contributed by atoms with Crippen molar-refractivity contribution in [1.82, 2.24) is 14.9 Å². The summed E-state index contributed by atoms with van der Waals surface area (Å²) in [6.07, 6.45) is 4.25. The molecule has 2 heterocycles. The van der Waals surface area contributed by atoms with Crippen molar-refractivity contribution in [3.8, 4) is 0 Å². The monoisotopic (exact) mass is 218 g/mol. The molecule has 1 atom stereocenters. The lowest BCUT2D eigenvalue weighted by Gasteiger charge is -2.27. The Bertz CT molecular complexity index is 411. The summed E-state index contributed by atoms with van der Waals surface area (Å²) in [6.45, 7) is 5.45. The molecule has 1 unspecified atom stereocenters. The Morgan fingerprint density at radius 1 is 1.38 bits per heavy atom. The van der Waals surface area contributed by atoms with E-state index in [1.807, 2.05) is 0 Å². The second-order valence-corrected chi connectivity index (χ2v) is 5.22. The number of hydrogen-bond donors (Lipinski definition) is 1. The summed E-state index contributed by atoms with van der Waals surface area (Å²) in [6, 6.07) is 1.19. The van der Waals surface area contributed by atoms with Gasteiger partial charge in [0.05, 0.1) is 11.7 Å². The van der Waals surface area contributed by atoms with Crippen LogP contribution in [0.25, 0.3) is 0 Å². The van der Waals surface area contributed by atoms with Crippen LogP contribution in [0.3, 0.4) is 0 Å². The van der Waals surface area contributed by atoms with Gasteiger partial charge in [-0.3, -0.25) is 4.90 Å². The third-order valence-corrected chi connectivity index (χ3v) is 3.64. The molecule has 1 aliphatic heterocycles. The highest BCUT2D eigenvalue weighted by Gasteiger charge is 2.42. The zero-order valence-electron chi connectivity index (χ0n) is 9.85. The molecule has 0 spiro atoms. The molecule has 1 fully saturated rings. The smallest absolute Gasteiger partial charge is 0.131 e. The van der Waals surface area contributed by atoms with Crippen molar-refractivity contribution in [2.75, 3.05) is 5.73 Å². The van der Waals surface area contributed by atoms with Crippen LogP contribution in [-0.2, 0) is 6.54 Å². The largest absolute Gasteiger partial charge is 0.383 e. The van der Waals surface area contributed by atoms with Gasteiger partial charge < -0.3 is 5.73 Å². The van der Waals surface area contributed by atoms with Gasteiger partial charge in [-0.05, 0) is 18.8 Å². The maximum atomic E-state index is 5.94. The molecule has 0 amide bonds. The number of rotatable bonds is 2. The highest BCUT2D eigenvalue weighted by Crippen LogP contribution is 2.45. The Morgan fingerprint density at radius 3 is 2.75 bits per heavy atom. The van der Waals surface area contributed by atoms with Crippen LogP contribution in [0.2, 0.25) is 0 Å². The van der Waals surface area contributed by atoms with E-state index in [-0.39, 0.29) is 0 Å². The molecule has 1 aromatic rings. The molecule has 4 heteroatoms. The Kier molecular flexibility index (Phi) is 2.14. The second kappa shape index (κ2) is 3.42. The van der Waals surface area contributed by atoms with Crippen LogP contribution in [-0.4, -0.2) is 20.9 Å². The van der Waals surface area contributed by atoms with Gasteiger partial charge in [0.1, 0.15) is 12.1 Å². The van der Waals surface area contributed by atoms with Crippen LogP contribution in [0.1, 0.15) is 44.0 Å². The van der Waals surface area contributed by atoms with Crippen LogP contribution in [0, 0.1) is 5.92 Å². The molecule has 2 N–H and O–H groups in total. The number of hydrogen-bond acceptors (Lipinski definition) is 4. The lowest BCUT2D eigenvalue weighted by atomic mass is 10.0. The number of anilines is 1. The average molecular weight is 218 g/mol. The molecular weight excluding hydrogens is 200 g/mol. The van der Waals surface area contributed by atoms with Gasteiger partial charge in [0.25, 0.3) is 0 Å². The van der Waals surface area contributed by atoms with Crippen molar-refractivity contribution in [3.05, 3.63) is 17.6 Å². The van der Waals surface area contributed by atoms with Gasteiger partial charge in [-0.25, -0.2) is 9.97 Å². The van der Waals surface area contributed by atoms with Gasteiger partial charge >= 0.3 is 0 Å². The average Bonchev–Trinajstić information content (AvgIpc) is 2.99. The van der Waals surface area contributed by atoms with E-state index >= 15 is 0 Å². The van der Waals surface area contributed by atoms with Crippen LogP contribution in [0.4, 0.5) is 5.82 Å². The van der Waals surface area contributed by atoms with E-state index < -0.39 is 0 Å². The maximum Gasteiger partial charge on any atom is 0.131 e. The summed E-state index contributed by atoms with van der Waals surface area (Å²) in [5.41, 5.74) is 8.26. The molecule has 4 nitrogen and oxygen atoms in total. The highest BCUT2D eigenvalue weighted by molar-refractivity contribution is 5.45. The summed E-state index contributed by atoms with van der Waals surface area (Å²) < 4.78 is 0. The minimum atomic E-state index is 0.438. The second-order valence-electron chi connectivity index (χ2n) is 5.22. The summed E-state index contributed by atoms with van der Waals surface area (Å²) in [7, 11) is 0. The van der Waals surface area contributed by atoms with Crippen molar-refractivity contribution in [2.45, 2.75) is 45.3 Å². The highest BCUT2D eigenvalue weighted by atomic mass is 15.2. The molecule has 0 bridgehead atoms. The molecular formula is C12H18N4. The number of aromatic nitrogens is 2. The SMILES string of the molecule is CC(C)C1c2ncnc(N)c2CN1C1CC1. The predicted molar refractivity (Wildman–Crippen MR) is 62.6 cm³/mol. The lowest BCUT2D eigenvalue weighted by Crippen LogP contribution is -2.28. The van der Waals surface area contributed by atoms with Crippen LogP contribution in [0.5, 0.6) is 0 Å². The number of fused-ring (bicyclic) bond motifs is 1. The summed E-state index contributed by atoms with van der Waals surface area (Å²) in [4.78, 5) is 11.1. The van der Waals surface area contributed by atoms with E-state index in [0.717, 1.165) is 23.8 Å². The van der Waals surface area contributed by atoms with E-state index in [9.17, 15) is 0 Å². The van der Waals surface area contributed by atoms with E-state index in [1.165, 1.54) is 12.8 Å². The molecule has 0 radical (unpaired) electrons. The van der Waals surface area contributed by atoms with Crippen molar-refractivity contribution in [3.63, 3.8) is 0 Å². The predicted octanol–water partition coefficient (Wildman–Crippen LogP) is 1.73. The molecule has 2 aliphatic rings. The summed E-state index contributed by atoms with van der Waals surface area (Å²) >= 11 is 0. The Balaban J connectivity index is 2.02. The molecule has 1 aliphatic carbocycles. The molecule has 3 rings (SSSR count). The quantitative estimate of drug-likeness (QED) is 0.821. The number of nitrogen functional groups attached to an aromatic ring is 1. The minimum absolute atomic E-state index is 0.438. The van der Waals surface area contributed by atoms with Crippen molar-refractivity contribution in [2.24, 2.45) is 5.92 Å². The van der Waals surface area contributed by atoms with Crippen molar-refractivity contribution >= 4 is 5.82 Å². The van der Waals surface area contributed by atoms with Crippen LogP contribution in [0.15, 0.2) is 6.33 Å². The van der Waals surface area contributed by atoms with Crippen LogP contribution < -0.4 is 5.73 Å². The fraction of sp³-hybridized carbons (Fsp3) is 0.667. The molecule has 1 aromatic heterocycles. The minimum Gasteiger partial charge on any atom is -0.383 e. The molecule has 0 aromatic carbocycles. The van der Waals surface area contributed by atoms with Gasteiger partial charge in [-0.1, -0.05) is 13.8 Å². The van der Waals surface area contributed by atoms with E-state index in [0.29, 0.717) is 17.8 Å². The van der Waals surface area contributed by atoms with Gasteiger partial charge in [0, 0.05) is 18.2 Å². The first-order valence-electron chi connectivity index (χ1n) is 6.03. The Labute approximate surface area is 95.9 Å². The van der Waals surface area contributed by atoms with Crippen molar-refractivity contribution < 1.29 is 0 Å².